The summed E-state index contributed by atoms with van der Waals surface area (Å²) in [6.45, 7) is 2.32. The van der Waals surface area contributed by atoms with E-state index >= 15 is 0 Å². The van der Waals surface area contributed by atoms with E-state index in [-0.39, 0.29) is 11.8 Å². The van der Waals surface area contributed by atoms with Crippen molar-refractivity contribution < 1.29 is 14.3 Å². The molecule has 0 saturated carbocycles. The van der Waals surface area contributed by atoms with Gasteiger partial charge in [0.1, 0.15) is 5.75 Å². The number of hydrogen-bond acceptors (Lipinski definition) is 3. The Morgan fingerprint density at radius 3 is 2.43 bits per heavy atom. The summed E-state index contributed by atoms with van der Waals surface area (Å²) in [5.74, 6) is 0.0931. The minimum atomic E-state index is -0.278. The molecular formula is C22H23N3O3. The molecule has 0 radical (unpaired) electrons. The zero-order valence-corrected chi connectivity index (χ0v) is 16.2. The molecular weight excluding hydrogens is 354 g/mol. The predicted molar refractivity (Wildman–Crippen MR) is 109 cm³/mol. The lowest BCUT2D eigenvalue weighted by molar-refractivity contribution is 0.0827. The van der Waals surface area contributed by atoms with Crippen molar-refractivity contribution in [3.8, 4) is 11.4 Å². The average Bonchev–Trinajstić information content (AvgIpc) is 3.23. The number of anilines is 1. The number of ether oxygens (including phenoxy) is 1. The van der Waals surface area contributed by atoms with Crippen molar-refractivity contribution in [1.82, 2.24) is 9.47 Å². The lowest BCUT2D eigenvalue weighted by Gasteiger charge is -2.16. The fourth-order valence-electron chi connectivity index (χ4n) is 2.88. The van der Waals surface area contributed by atoms with Crippen LogP contribution in [0.1, 0.15) is 27.6 Å². The highest BCUT2D eigenvalue weighted by Crippen LogP contribution is 2.28. The Balaban J connectivity index is 1.96. The maximum Gasteiger partial charge on any atom is 0.257 e. The molecule has 28 heavy (non-hydrogen) atoms. The van der Waals surface area contributed by atoms with E-state index in [9.17, 15) is 9.59 Å². The lowest BCUT2D eigenvalue weighted by atomic mass is 10.1. The van der Waals surface area contributed by atoms with Crippen LogP contribution in [0.15, 0.2) is 67.0 Å². The van der Waals surface area contributed by atoms with Crippen LogP contribution in [0.3, 0.4) is 0 Å². The summed E-state index contributed by atoms with van der Waals surface area (Å²) in [6, 6.07) is 16.2. The number of carbonyl (C=O) groups excluding carboxylic acids is 2. The lowest BCUT2D eigenvalue weighted by Crippen LogP contribution is -2.22. The molecule has 0 saturated heterocycles. The SMILES string of the molecule is CCOc1ccc(C(=O)N(C)C)cc1NC(=O)c1ccccc1-n1cccc1. The van der Waals surface area contributed by atoms with E-state index in [4.69, 9.17) is 4.74 Å². The fourth-order valence-corrected chi connectivity index (χ4v) is 2.88. The van der Waals surface area contributed by atoms with E-state index in [0.717, 1.165) is 5.69 Å². The van der Waals surface area contributed by atoms with E-state index in [1.165, 1.54) is 4.90 Å². The number of benzene rings is 2. The summed E-state index contributed by atoms with van der Waals surface area (Å²) in [5.41, 5.74) is 2.22. The van der Waals surface area contributed by atoms with Gasteiger partial charge in [-0.1, -0.05) is 12.1 Å². The summed E-state index contributed by atoms with van der Waals surface area (Å²) in [6.07, 6.45) is 3.77. The van der Waals surface area contributed by atoms with Gasteiger partial charge in [-0.2, -0.15) is 0 Å². The monoisotopic (exact) mass is 377 g/mol. The molecule has 3 rings (SSSR count). The van der Waals surface area contributed by atoms with Crippen molar-refractivity contribution >= 4 is 17.5 Å². The summed E-state index contributed by atoms with van der Waals surface area (Å²) >= 11 is 0. The molecule has 0 aliphatic heterocycles. The highest BCUT2D eigenvalue weighted by Gasteiger charge is 2.17. The first-order chi connectivity index (χ1) is 13.5. The number of aromatic nitrogens is 1. The van der Waals surface area contributed by atoms with Crippen LogP contribution in [0, 0.1) is 0 Å². The second-order valence-electron chi connectivity index (χ2n) is 6.41. The fraction of sp³-hybridized carbons (Fsp3) is 0.182. The maximum absolute atomic E-state index is 13.0. The Morgan fingerprint density at radius 1 is 1.04 bits per heavy atom. The standard InChI is InChI=1S/C22H23N3O3/c1-4-28-20-12-11-16(22(27)24(2)3)15-18(20)23-21(26)17-9-5-6-10-19(17)25-13-7-8-14-25/h5-15H,4H2,1-3H3,(H,23,26). The highest BCUT2D eigenvalue weighted by molar-refractivity contribution is 6.08. The summed E-state index contributed by atoms with van der Waals surface area (Å²) in [4.78, 5) is 26.8. The first-order valence-corrected chi connectivity index (χ1v) is 9.03. The van der Waals surface area contributed by atoms with Gasteiger partial charge in [0, 0.05) is 32.1 Å². The van der Waals surface area contributed by atoms with Crippen molar-refractivity contribution in [2.75, 3.05) is 26.0 Å². The van der Waals surface area contributed by atoms with Gasteiger partial charge >= 0.3 is 0 Å². The molecule has 0 spiro atoms. The third kappa shape index (κ3) is 4.06. The molecule has 0 unspecified atom stereocenters. The molecule has 2 aromatic carbocycles. The molecule has 144 valence electrons. The smallest absolute Gasteiger partial charge is 0.257 e. The van der Waals surface area contributed by atoms with Gasteiger partial charge in [-0.3, -0.25) is 9.59 Å². The number of nitrogens with one attached hydrogen (secondary N) is 1. The van der Waals surface area contributed by atoms with Gasteiger partial charge in [-0.25, -0.2) is 0 Å². The van der Waals surface area contributed by atoms with E-state index in [0.29, 0.717) is 29.2 Å². The van der Waals surface area contributed by atoms with Crippen LogP contribution >= 0.6 is 0 Å². The third-order valence-corrected chi connectivity index (χ3v) is 4.21. The van der Waals surface area contributed by atoms with Gasteiger partial charge in [0.15, 0.2) is 0 Å². The largest absolute Gasteiger partial charge is 0.492 e. The quantitative estimate of drug-likeness (QED) is 0.710. The van der Waals surface area contributed by atoms with Crippen molar-refractivity contribution in [3.05, 3.63) is 78.1 Å². The van der Waals surface area contributed by atoms with Crippen LogP contribution in [-0.2, 0) is 0 Å². The van der Waals surface area contributed by atoms with Crippen LogP contribution in [0.2, 0.25) is 0 Å². The first-order valence-electron chi connectivity index (χ1n) is 9.03. The van der Waals surface area contributed by atoms with Crippen molar-refractivity contribution in [1.29, 1.82) is 0 Å². The molecule has 0 aliphatic rings. The van der Waals surface area contributed by atoms with Gasteiger partial charge in [0.2, 0.25) is 0 Å². The maximum atomic E-state index is 13.0. The highest BCUT2D eigenvalue weighted by atomic mass is 16.5. The van der Waals surface area contributed by atoms with Crippen molar-refractivity contribution in [2.45, 2.75) is 6.92 Å². The number of hydrogen-bond donors (Lipinski definition) is 1. The second kappa shape index (κ2) is 8.43. The van der Waals surface area contributed by atoms with Crippen LogP contribution in [-0.4, -0.2) is 42.0 Å². The second-order valence-corrected chi connectivity index (χ2v) is 6.41. The minimum Gasteiger partial charge on any atom is -0.492 e. The van der Waals surface area contributed by atoms with Gasteiger partial charge in [0.25, 0.3) is 11.8 Å². The first kappa shape index (κ1) is 19.2. The van der Waals surface area contributed by atoms with E-state index in [1.807, 2.05) is 54.2 Å². The third-order valence-electron chi connectivity index (χ3n) is 4.21. The molecule has 6 nitrogen and oxygen atoms in total. The minimum absolute atomic E-state index is 0.147. The zero-order chi connectivity index (χ0) is 20.1. The molecule has 0 fully saturated rings. The normalized spacial score (nSPS) is 10.4. The topological polar surface area (TPSA) is 63.6 Å². The van der Waals surface area contributed by atoms with Crippen LogP contribution < -0.4 is 10.1 Å². The number of nitrogens with zero attached hydrogens (tertiary/aromatic N) is 2. The summed E-state index contributed by atoms with van der Waals surface area (Å²) in [7, 11) is 3.37. The van der Waals surface area contributed by atoms with Crippen molar-refractivity contribution in [2.24, 2.45) is 0 Å². The average molecular weight is 377 g/mol. The molecule has 1 heterocycles. The molecule has 0 atom stereocenters. The van der Waals surface area contributed by atoms with Crippen molar-refractivity contribution in [3.63, 3.8) is 0 Å². The number of carbonyl (C=O) groups is 2. The summed E-state index contributed by atoms with van der Waals surface area (Å²) < 4.78 is 7.51. The Hall–Kier alpha value is -3.54. The van der Waals surface area contributed by atoms with Gasteiger partial charge < -0.3 is 19.5 Å². The Kier molecular flexibility index (Phi) is 5.79. The molecule has 2 amide bonds. The zero-order valence-electron chi connectivity index (χ0n) is 16.2. The summed E-state index contributed by atoms with van der Waals surface area (Å²) in [5, 5.41) is 2.90. The molecule has 3 aromatic rings. The van der Waals surface area contributed by atoms with E-state index in [1.54, 1.807) is 38.4 Å². The number of para-hydroxylation sites is 1. The van der Waals surface area contributed by atoms with E-state index < -0.39 is 0 Å². The van der Waals surface area contributed by atoms with Crippen LogP contribution in [0.4, 0.5) is 5.69 Å². The van der Waals surface area contributed by atoms with Gasteiger partial charge in [0.05, 0.1) is 23.5 Å². The molecule has 0 aliphatic carbocycles. The van der Waals surface area contributed by atoms with Gasteiger partial charge in [-0.05, 0) is 49.4 Å². The van der Waals surface area contributed by atoms with Crippen LogP contribution in [0.25, 0.3) is 5.69 Å². The molecule has 1 aromatic heterocycles. The molecule has 1 N–H and O–H groups in total. The number of rotatable bonds is 6. The van der Waals surface area contributed by atoms with E-state index in [2.05, 4.69) is 5.32 Å². The molecule has 6 heteroatoms. The van der Waals surface area contributed by atoms with Crippen LogP contribution in [0.5, 0.6) is 5.75 Å². The van der Waals surface area contributed by atoms with Gasteiger partial charge in [-0.15, -0.1) is 0 Å². The predicted octanol–water partition coefficient (Wildman–Crippen LogP) is 3.83. The number of amides is 2. The Labute approximate surface area is 164 Å². The molecule has 0 bridgehead atoms. The Morgan fingerprint density at radius 2 is 1.75 bits per heavy atom. The Bertz CT molecular complexity index is 978.